The van der Waals surface area contributed by atoms with Gasteiger partial charge in [0.2, 0.25) is 5.91 Å². The molecule has 0 aliphatic carbocycles. The first-order chi connectivity index (χ1) is 12.6. The Hall–Kier alpha value is -2.28. The van der Waals surface area contributed by atoms with Crippen molar-refractivity contribution in [3.63, 3.8) is 0 Å². The van der Waals surface area contributed by atoms with Gasteiger partial charge in [0.25, 0.3) is 11.1 Å². The summed E-state index contributed by atoms with van der Waals surface area (Å²) in [4.78, 5) is 42.5. The van der Waals surface area contributed by atoms with Gasteiger partial charge < -0.3 is 9.80 Å². The van der Waals surface area contributed by atoms with Crippen molar-refractivity contribution in [1.29, 1.82) is 0 Å². The van der Waals surface area contributed by atoms with Crippen LogP contribution in [0.4, 0.5) is 10.5 Å². The van der Waals surface area contributed by atoms with E-state index in [-0.39, 0.29) is 24.5 Å². The fourth-order valence-corrected chi connectivity index (χ4v) is 3.88. The number of nitrogens with zero attached hydrogens (tertiary/aromatic N) is 3. The smallest absolute Gasteiger partial charge is 0.294 e. The van der Waals surface area contributed by atoms with Gasteiger partial charge in [-0.1, -0.05) is 12.1 Å². The molecule has 27 heavy (non-hydrogen) atoms. The molecule has 1 fully saturated rings. The van der Waals surface area contributed by atoms with E-state index in [4.69, 9.17) is 0 Å². The maximum absolute atomic E-state index is 12.6. The molecule has 3 amide bonds. The molecule has 1 aliphatic heterocycles. The van der Waals surface area contributed by atoms with Crippen LogP contribution in [-0.4, -0.2) is 59.6 Å². The Morgan fingerprint density at radius 1 is 1.07 bits per heavy atom. The number of carbonyl (C=O) groups is 3. The Bertz CT molecular complexity index is 746. The van der Waals surface area contributed by atoms with Crippen molar-refractivity contribution in [3.05, 3.63) is 34.7 Å². The molecule has 0 unspecified atom stereocenters. The highest BCUT2D eigenvalue weighted by Gasteiger charge is 2.37. The fraction of sp³-hybridized carbons (Fsp3) is 0.450. The highest BCUT2D eigenvalue weighted by Crippen LogP contribution is 2.32. The van der Waals surface area contributed by atoms with Crippen LogP contribution in [0.1, 0.15) is 33.3 Å². The van der Waals surface area contributed by atoms with Crippen LogP contribution < -0.4 is 4.90 Å². The standard InChI is InChI=1S/C20H27N3O3S/c1-13(2)23(14(3)4)18(24)12-22-19(25)17(27-20(22)26)11-15-7-9-16(10-8-15)21(5)6/h7-11,13-14H,12H2,1-6H3/b17-11-. The summed E-state index contributed by atoms with van der Waals surface area (Å²) in [5.74, 6) is -0.638. The third kappa shape index (κ3) is 4.91. The highest BCUT2D eigenvalue weighted by atomic mass is 32.2. The zero-order valence-corrected chi connectivity index (χ0v) is 17.5. The summed E-state index contributed by atoms with van der Waals surface area (Å²) in [5.41, 5.74) is 1.89. The molecule has 0 N–H and O–H groups in total. The van der Waals surface area contributed by atoms with Gasteiger partial charge in [0.15, 0.2) is 0 Å². The second kappa shape index (κ2) is 8.61. The summed E-state index contributed by atoms with van der Waals surface area (Å²) < 4.78 is 0. The lowest BCUT2D eigenvalue weighted by atomic mass is 10.2. The molecule has 6 nitrogen and oxygen atoms in total. The number of imide groups is 1. The molecule has 7 heteroatoms. The van der Waals surface area contributed by atoms with Crippen molar-refractivity contribution in [1.82, 2.24) is 9.80 Å². The highest BCUT2D eigenvalue weighted by molar-refractivity contribution is 8.18. The van der Waals surface area contributed by atoms with Crippen LogP contribution in [0, 0.1) is 0 Å². The lowest BCUT2D eigenvalue weighted by Crippen LogP contribution is -2.48. The van der Waals surface area contributed by atoms with E-state index in [1.165, 1.54) is 0 Å². The van der Waals surface area contributed by atoms with E-state index >= 15 is 0 Å². The Morgan fingerprint density at radius 3 is 2.11 bits per heavy atom. The predicted molar refractivity (Wildman–Crippen MR) is 111 cm³/mol. The number of thioether (sulfide) groups is 1. The maximum Gasteiger partial charge on any atom is 0.294 e. The zero-order valence-electron chi connectivity index (χ0n) is 16.7. The summed E-state index contributed by atoms with van der Waals surface area (Å²) in [6.07, 6.45) is 1.69. The lowest BCUT2D eigenvalue weighted by Gasteiger charge is -2.31. The molecule has 146 valence electrons. The molecule has 0 bridgehead atoms. The van der Waals surface area contributed by atoms with Crippen molar-refractivity contribution < 1.29 is 14.4 Å². The minimum Gasteiger partial charge on any atom is -0.378 e. The summed E-state index contributed by atoms with van der Waals surface area (Å²) in [6, 6.07) is 7.69. The Balaban J connectivity index is 2.15. The summed E-state index contributed by atoms with van der Waals surface area (Å²) in [7, 11) is 3.91. The number of carbonyl (C=O) groups excluding carboxylic acids is 3. The van der Waals surface area contributed by atoms with Crippen LogP contribution in [-0.2, 0) is 9.59 Å². The van der Waals surface area contributed by atoms with Crippen molar-refractivity contribution >= 4 is 40.6 Å². The SMILES string of the molecule is CC(C)N(C(=O)CN1C(=O)S/C(=C\c2ccc(N(C)C)cc2)C1=O)C(C)C. The van der Waals surface area contributed by atoms with E-state index in [1.54, 1.807) is 11.0 Å². The topological polar surface area (TPSA) is 60.9 Å². The summed E-state index contributed by atoms with van der Waals surface area (Å²) in [5, 5.41) is -0.406. The van der Waals surface area contributed by atoms with Gasteiger partial charge >= 0.3 is 0 Å². The third-order valence-corrected chi connectivity index (χ3v) is 5.18. The van der Waals surface area contributed by atoms with Gasteiger partial charge in [-0.2, -0.15) is 0 Å². The average molecular weight is 390 g/mol. The molecular formula is C20H27N3O3S. The molecule has 1 aromatic rings. The van der Waals surface area contributed by atoms with Crippen LogP contribution in [0.15, 0.2) is 29.2 Å². The monoisotopic (exact) mass is 389 g/mol. The van der Waals surface area contributed by atoms with Gasteiger partial charge in [-0.3, -0.25) is 19.3 Å². The van der Waals surface area contributed by atoms with E-state index in [9.17, 15) is 14.4 Å². The molecule has 0 spiro atoms. The number of hydrogen-bond acceptors (Lipinski definition) is 5. The van der Waals surface area contributed by atoms with Crippen LogP contribution in [0.5, 0.6) is 0 Å². The molecule has 2 rings (SSSR count). The Labute approximate surface area is 165 Å². The first-order valence-corrected chi connectivity index (χ1v) is 9.77. The third-order valence-electron chi connectivity index (χ3n) is 4.27. The van der Waals surface area contributed by atoms with Gasteiger partial charge in [-0.15, -0.1) is 0 Å². The van der Waals surface area contributed by atoms with E-state index in [1.807, 2.05) is 71.0 Å². The number of hydrogen-bond donors (Lipinski definition) is 0. The Morgan fingerprint density at radius 2 is 1.63 bits per heavy atom. The minimum absolute atomic E-state index is 0.00295. The average Bonchev–Trinajstić information content (AvgIpc) is 2.82. The zero-order chi connectivity index (χ0) is 20.3. The van der Waals surface area contributed by atoms with Crippen LogP contribution in [0.3, 0.4) is 0 Å². The number of amides is 3. The van der Waals surface area contributed by atoms with Crippen molar-refractivity contribution in [2.45, 2.75) is 39.8 Å². The lowest BCUT2D eigenvalue weighted by molar-refractivity contribution is -0.138. The molecule has 0 atom stereocenters. The number of anilines is 1. The van der Waals surface area contributed by atoms with Gasteiger partial charge in [-0.05, 0) is 63.2 Å². The molecule has 0 aromatic heterocycles. The van der Waals surface area contributed by atoms with Gasteiger partial charge in [-0.25, -0.2) is 0 Å². The number of rotatable bonds is 6. The second-order valence-electron chi connectivity index (χ2n) is 7.24. The van der Waals surface area contributed by atoms with Crippen LogP contribution in [0.2, 0.25) is 0 Å². The van der Waals surface area contributed by atoms with E-state index in [0.29, 0.717) is 4.91 Å². The van der Waals surface area contributed by atoms with Gasteiger partial charge in [0.05, 0.1) is 4.91 Å². The second-order valence-corrected chi connectivity index (χ2v) is 8.24. The van der Waals surface area contributed by atoms with Gasteiger partial charge in [0.1, 0.15) is 6.54 Å². The van der Waals surface area contributed by atoms with Crippen LogP contribution >= 0.6 is 11.8 Å². The maximum atomic E-state index is 12.6. The molecule has 0 saturated carbocycles. The largest absolute Gasteiger partial charge is 0.378 e. The van der Waals surface area contributed by atoms with E-state index in [0.717, 1.165) is 27.9 Å². The normalized spacial score (nSPS) is 16.0. The van der Waals surface area contributed by atoms with Gasteiger partial charge in [0, 0.05) is 31.9 Å². The van der Waals surface area contributed by atoms with E-state index in [2.05, 4.69) is 0 Å². The van der Waals surface area contributed by atoms with Crippen molar-refractivity contribution in [3.8, 4) is 0 Å². The molecule has 1 aromatic carbocycles. The number of benzene rings is 1. The summed E-state index contributed by atoms with van der Waals surface area (Å²) in [6.45, 7) is 7.45. The molecule has 1 aliphatic rings. The molecule has 0 radical (unpaired) electrons. The predicted octanol–water partition coefficient (Wildman–Crippen LogP) is 3.43. The fourth-order valence-electron chi connectivity index (χ4n) is 3.05. The first-order valence-electron chi connectivity index (χ1n) is 8.95. The van der Waals surface area contributed by atoms with Crippen molar-refractivity contribution in [2.24, 2.45) is 0 Å². The molecule has 1 heterocycles. The minimum atomic E-state index is -0.414. The van der Waals surface area contributed by atoms with Crippen molar-refractivity contribution in [2.75, 3.05) is 25.5 Å². The Kier molecular flexibility index (Phi) is 6.70. The summed E-state index contributed by atoms with van der Waals surface area (Å²) >= 11 is 0.875. The van der Waals surface area contributed by atoms with Crippen LogP contribution in [0.25, 0.3) is 6.08 Å². The molecular weight excluding hydrogens is 362 g/mol. The molecule has 1 saturated heterocycles. The van der Waals surface area contributed by atoms with E-state index < -0.39 is 11.1 Å². The quantitative estimate of drug-likeness (QED) is 0.698. The first kappa shape index (κ1) is 21.0.